The predicted octanol–water partition coefficient (Wildman–Crippen LogP) is 3.81. The van der Waals surface area contributed by atoms with Crippen LogP contribution in [0.2, 0.25) is 0 Å². The van der Waals surface area contributed by atoms with Crippen LogP contribution in [0, 0.1) is 17.8 Å². The number of carbonyl (C=O) groups excluding carboxylic acids is 1. The van der Waals surface area contributed by atoms with E-state index in [1.165, 1.54) is 0 Å². The summed E-state index contributed by atoms with van der Waals surface area (Å²) in [5.41, 5.74) is 1.14. The molecule has 7 nitrogen and oxygen atoms in total. The van der Waals surface area contributed by atoms with Crippen LogP contribution in [0.5, 0.6) is 0 Å². The molecule has 1 aliphatic carbocycles. The number of hydrogen-bond acceptors (Lipinski definition) is 6. The summed E-state index contributed by atoms with van der Waals surface area (Å²) in [7, 11) is 1.81. The standard InChI is InChI=1S/C24H37NO6/c1-5-7-8-20(30-15-23(26)27)17-9-10-19-18(13-17)14-29-21(19)11-12-22(25-4)31-24(28)16(3)6-2/h5,7-8,16,18-19,21-22,25H,1,6,9-15H2,2-4H3,(H,26,27)/b8-7-,20-17-. The van der Waals surface area contributed by atoms with Crippen molar-refractivity contribution in [3.63, 3.8) is 0 Å². The molecule has 5 unspecified atom stereocenters. The van der Waals surface area contributed by atoms with E-state index in [2.05, 4.69) is 11.9 Å². The zero-order valence-corrected chi connectivity index (χ0v) is 19.0. The predicted molar refractivity (Wildman–Crippen MR) is 118 cm³/mol. The number of esters is 1. The zero-order chi connectivity index (χ0) is 22.8. The van der Waals surface area contributed by atoms with Crippen molar-refractivity contribution < 1.29 is 28.9 Å². The number of ether oxygens (including phenoxy) is 3. The molecule has 0 amide bonds. The molecule has 1 saturated carbocycles. The van der Waals surface area contributed by atoms with E-state index in [1.807, 2.05) is 13.8 Å². The summed E-state index contributed by atoms with van der Waals surface area (Å²) in [5, 5.41) is 12.0. The number of hydrogen-bond donors (Lipinski definition) is 2. The topological polar surface area (TPSA) is 94.1 Å². The Labute approximate surface area is 185 Å². The molecule has 5 atom stereocenters. The molecule has 0 aromatic rings. The fourth-order valence-corrected chi connectivity index (χ4v) is 4.27. The van der Waals surface area contributed by atoms with Crippen molar-refractivity contribution in [2.45, 2.75) is 64.7 Å². The number of carboxylic acid groups (broad SMARTS) is 1. The van der Waals surface area contributed by atoms with E-state index in [0.29, 0.717) is 30.6 Å². The molecule has 7 heteroatoms. The highest BCUT2D eigenvalue weighted by molar-refractivity contribution is 5.72. The molecule has 2 aliphatic rings. The molecular formula is C24H37NO6. The highest BCUT2D eigenvalue weighted by Gasteiger charge is 2.40. The van der Waals surface area contributed by atoms with Gasteiger partial charge in [-0.25, -0.2) is 4.79 Å². The first-order valence-corrected chi connectivity index (χ1v) is 11.2. The average Bonchev–Trinajstić information content (AvgIpc) is 3.17. The molecule has 174 valence electrons. The molecule has 0 bridgehead atoms. The number of fused-ring (bicyclic) bond motifs is 1. The molecule has 2 fully saturated rings. The first-order valence-electron chi connectivity index (χ1n) is 11.2. The number of rotatable bonds is 12. The molecule has 2 N–H and O–H groups in total. The van der Waals surface area contributed by atoms with Crippen molar-refractivity contribution in [3.8, 4) is 0 Å². The quantitative estimate of drug-likeness (QED) is 0.208. The molecular weight excluding hydrogens is 398 g/mol. The van der Waals surface area contributed by atoms with E-state index in [0.717, 1.165) is 37.7 Å². The van der Waals surface area contributed by atoms with Crippen LogP contribution in [0.25, 0.3) is 0 Å². The fourth-order valence-electron chi connectivity index (χ4n) is 4.27. The third-order valence-electron chi connectivity index (χ3n) is 6.29. The van der Waals surface area contributed by atoms with Gasteiger partial charge in [0, 0.05) is 6.42 Å². The summed E-state index contributed by atoms with van der Waals surface area (Å²) in [4.78, 5) is 23.0. The average molecular weight is 436 g/mol. The van der Waals surface area contributed by atoms with Crippen molar-refractivity contribution in [2.75, 3.05) is 20.3 Å². The van der Waals surface area contributed by atoms with Gasteiger partial charge in [-0.05, 0) is 62.6 Å². The lowest BCUT2D eigenvalue weighted by Gasteiger charge is -2.30. The molecule has 0 aromatic heterocycles. The first-order chi connectivity index (χ1) is 14.9. The number of carbonyl (C=O) groups is 2. The summed E-state index contributed by atoms with van der Waals surface area (Å²) >= 11 is 0. The lowest BCUT2D eigenvalue weighted by molar-refractivity contribution is -0.155. The van der Waals surface area contributed by atoms with Gasteiger partial charge in [0.1, 0.15) is 5.76 Å². The number of allylic oxidation sites excluding steroid dienone is 4. The summed E-state index contributed by atoms with van der Waals surface area (Å²) in [6.45, 7) is 7.86. The monoisotopic (exact) mass is 435 g/mol. The van der Waals surface area contributed by atoms with E-state index in [-0.39, 0.29) is 30.8 Å². The van der Waals surface area contributed by atoms with Gasteiger partial charge >= 0.3 is 11.9 Å². The number of carboxylic acids is 1. The van der Waals surface area contributed by atoms with Gasteiger partial charge in [-0.15, -0.1) is 0 Å². The fraction of sp³-hybridized carbons (Fsp3) is 0.667. The van der Waals surface area contributed by atoms with Crippen molar-refractivity contribution in [2.24, 2.45) is 17.8 Å². The van der Waals surface area contributed by atoms with E-state index in [9.17, 15) is 9.59 Å². The van der Waals surface area contributed by atoms with Gasteiger partial charge in [-0.1, -0.05) is 32.6 Å². The Morgan fingerprint density at radius 3 is 2.84 bits per heavy atom. The van der Waals surface area contributed by atoms with Crippen LogP contribution < -0.4 is 5.32 Å². The first kappa shape index (κ1) is 25.1. The van der Waals surface area contributed by atoms with E-state index in [1.54, 1.807) is 25.3 Å². The van der Waals surface area contributed by atoms with Crippen LogP contribution in [0.15, 0.2) is 36.1 Å². The summed E-state index contributed by atoms with van der Waals surface area (Å²) in [5.74, 6) is 0.230. The molecule has 0 spiro atoms. The summed E-state index contributed by atoms with van der Waals surface area (Å²) in [6, 6.07) is 0. The number of nitrogens with one attached hydrogen (secondary N) is 1. The van der Waals surface area contributed by atoms with Crippen LogP contribution in [0.4, 0.5) is 0 Å². The second-order valence-electron chi connectivity index (χ2n) is 8.38. The van der Waals surface area contributed by atoms with E-state index < -0.39 is 5.97 Å². The van der Waals surface area contributed by atoms with Gasteiger partial charge in [-0.3, -0.25) is 10.1 Å². The van der Waals surface area contributed by atoms with Crippen LogP contribution in [0.1, 0.15) is 52.4 Å². The maximum atomic E-state index is 12.1. The van der Waals surface area contributed by atoms with E-state index >= 15 is 0 Å². The molecule has 1 saturated heterocycles. The Bertz CT molecular complexity index is 686. The second-order valence-corrected chi connectivity index (χ2v) is 8.38. The van der Waals surface area contributed by atoms with Crippen LogP contribution in [-0.4, -0.2) is 49.6 Å². The third-order valence-corrected chi connectivity index (χ3v) is 6.29. The van der Waals surface area contributed by atoms with Gasteiger partial charge in [-0.2, -0.15) is 0 Å². The van der Waals surface area contributed by atoms with Gasteiger partial charge in [0.05, 0.1) is 18.6 Å². The lowest BCUT2D eigenvalue weighted by Crippen LogP contribution is -2.34. The Morgan fingerprint density at radius 1 is 1.42 bits per heavy atom. The highest BCUT2D eigenvalue weighted by atomic mass is 16.6. The number of aliphatic carboxylic acids is 1. The summed E-state index contributed by atoms with van der Waals surface area (Å²) in [6.07, 6.45) is 10.0. The Balaban J connectivity index is 1.93. The van der Waals surface area contributed by atoms with Gasteiger partial charge in [0.25, 0.3) is 0 Å². The largest absolute Gasteiger partial charge is 0.482 e. The minimum Gasteiger partial charge on any atom is -0.482 e. The Kier molecular flexibility index (Phi) is 10.3. The second kappa shape index (κ2) is 12.7. The Morgan fingerprint density at radius 2 is 2.19 bits per heavy atom. The minimum atomic E-state index is -0.990. The molecule has 0 aromatic carbocycles. The van der Waals surface area contributed by atoms with Crippen molar-refractivity contribution >= 4 is 11.9 Å². The molecule has 31 heavy (non-hydrogen) atoms. The van der Waals surface area contributed by atoms with Crippen LogP contribution in [-0.2, 0) is 23.8 Å². The minimum absolute atomic E-state index is 0.0980. The van der Waals surface area contributed by atoms with Gasteiger partial charge in [0.2, 0.25) is 0 Å². The summed E-state index contributed by atoms with van der Waals surface area (Å²) < 4.78 is 17.2. The van der Waals surface area contributed by atoms with Crippen molar-refractivity contribution in [1.29, 1.82) is 0 Å². The van der Waals surface area contributed by atoms with Crippen molar-refractivity contribution in [1.82, 2.24) is 5.32 Å². The zero-order valence-electron chi connectivity index (χ0n) is 19.0. The lowest BCUT2D eigenvalue weighted by atomic mass is 9.75. The van der Waals surface area contributed by atoms with Gasteiger partial charge < -0.3 is 19.3 Å². The van der Waals surface area contributed by atoms with E-state index in [4.69, 9.17) is 19.3 Å². The molecule has 0 radical (unpaired) electrons. The smallest absolute Gasteiger partial charge is 0.341 e. The maximum absolute atomic E-state index is 12.1. The SMILES string of the molecule is C=C/C=C\C(OCC(=O)O)=C1/CCC2C(COC2CCC(NC)OC(=O)C(C)CC)C1. The normalized spacial score (nSPS) is 26.7. The Hall–Kier alpha value is -2.12. The third kappa shape index (κ3) is 7.51. The molecule has 2 rings (SSSR count). The highest BCUT2D eigenvalue weighted by Crippen LogP contribution is 2.43. The molecule has 1 heterocycles. The van der Waals surface area contributed by atoms with Gasteiger partial charge in [0.15, 0.2) is 12.8 Å². The van der Waals surface area contributed by atoms with Crippen LogP contribution in [0.3, 0.4) is 0 Å². The molecule has 1 aliphatic heterocycles. The van der Waals surface area contributed by atoms with Crippen LogP contribution >= 0.6 is 0 Å². The maximum Gasteiger partial charge on any atom is 0.341 e. The van der Waals surface area contributed by atoms with Crippen molar-refractivity contribution in [3.05, 3.63) is 36.1 Å².